The van der Waals surface area contributed by atoms with Crippen molar-refractivity contribution in [2.75, 3.05) is 13.2 Å². The summed E-state index contributed by atoms with van der Waals surface area (Å²) in [4.78, 5) is 24.2. The van der Waals surface area contributed by atoms with E-state index in [1.54, 1.807) is 24.3 Å². The molecule has 0 aliphatic rings. The Kier molecular flexibility index (Phi) is 8.42. The Labute approximate surface area is 175 Å². The molecule has 29 heavy (non-hydrogen) atoms. The molecule has 0 bridgehead atoms. The molecule has 0 heterocycles. The summed E-state index contributed by atoms with van der Waals surface area (Å²) < 4.78 is 11.0. The second-order valence-corrected chi connectivity index (χ2v) is 6.81. The van der Waals surface area contributed by atoms with Crippen LogP contribution in [0.1, 0.15) is 42.6 Å². The van der Waals surface area contributed by atoms with Gasteiger partial charge in [-0.2, -0.15) is 0 Å². The quantitative estimate of drug-likeness (QED) is 0.476. The Balaban J connectivity index is 1.79. The summed E-state index contributed by atoms with van der Waals surface area (Å²) >= 11 is 5.04. The Morgan fingerprint density at radius 3 is 2.52 bits per heavy atom. The Morgan fingerprint density at radius 1 is 1.03 bits per heavy atom. The minimum Gasteiger partial charge on any atom is -0.494 e. The molecule has 2 aromatic carbocycles. The number of hydrogen-bond acceptors (Lipinski definition) is 5. The third kappa shape index (κ3) is 7.08. The van der Waals surface area contributed by atoms with Gasteiger partial charge in [0.25, 0.3) is 11.8 Å². The topological polar surface area (TPSA) is 88.7 Å². The molecular weight excluding hydrogens is 390 g/mol. The number of benzene rings is 2. The number of para-hydroxylation sites is 1. The molecule has 0 fully saturated rings. The zero-order valence-corrected chi connectivity index (χ0v) is 17.5. The summed E-state index contributed by atoms with van der Waals surface area (Å²) in [5.41, 5.74) is 6.29. The molecule has 2 amide bonds. The maximum absolute atomic E-state index is 12.2. The van der Waals surface area contributed by atoms with E-state index in [4.69, 9.17) is 21.7 Å². The van der Waals surface area contributed by atoms with Crippen LogP contribution < -0.4 is 25.6 Å². The first-order valence-electron chi connectivity index (χ1n) is 9.25. The molecule has 0 spiro atoms. The van der Waals surface area contributed by atoms with Gasteiger partial charge in [-0.25, -0.2) is 0 Å². The summed E-state index contributed by atoms with van der Waals surface area (Å²) in [6.45, 7) is 6.27. The Bertz CT molecular complexity index is 871. The molecule has 0 aromatic heterocycles. The lowest BCUT2D eigenvalue weighted by molar-refractivity contribution is -0.123. The minimum absolute atomic E-state index is 0.0345. The lowest BCUT2D eigenvalue weighted by atomic mass is 10.0. The first kappa shape index (κ1) is 22.2. The van der Waals surface area contributed by atoms with Gasteiger partial charge in [0.2, 0.25) is 0 Å². The Hall–Kier alpha value is -3.13. The van der Waals surface area contributed by atoms with Crippen molar-refractivity contribution < 1.29 is 19.1 Å². The van der Waals surface area contributed by atoms with Crippen molar-refractivity contribution in [3.8, 4) is 11.5 Å². The highest BCUT2D eigenvalue weighted by molar-refractivity contribution is 7.80. The molecule has 8 heteroatoms. The summed E-state index contributed by atoms with van der Waals surface area (Å²) in [5.74, 6) is 0.671. The maximum atomic E-state index is 12.2. The predicted molar refractivity (Wildman–Crippen MR) is 115 cm³/mol. The summed E-state index contributed by atoms with van der Waals surface area (Å²) in [6, 6.07) is 14.3. The monoisotopic (exact) mass is 415 g/mol. The van der Waals surface area contributed by atoms with E-state index in [9.17, 15) is 9.59 Å². The van der Waals surface area contributed by atoms with Crippen LogP contribution in [0.3, 0.4) is 0 Å². The van der Waals surface area contributed by atoms with Gasteiger partial charge in [-0.1, -0.05) is 38.1 Å². The smallest absolute Gasteiger partial charge is 0.276 e. The van der Waals surface area contributed by atoms with E-state index >= 15 is 0 Å². The molecule has 0 unspecified atom stereocenters. The number of hydrazine groups is 1. The van der Waals surface area contributed by atoms with E-state index in [1.807, 2.05) is 31.2 Å². The van der Waals surface area contributed by atoms with Crippen LogP contribution in [-0.2, 0) is 4.79 Å². The summed E-state index contributed by atoms with van der Waals surface area (Å²) in [5, 5.41) is 2.45. The molecule has 154 valence electrons. The lowest BCUT2D eigenvalue weighted by Crippen LogP contribution is -2.49. The van der Waals surface area contributed by atoms with Crippen LogP contribution in [0.15, 0.2) is 48.5 Å². The van der Waals surface area contributed by atoms with Crippen molar-refractivity contribution >= 4 is 29.1 Å². The van der Waals surface area contributed by atoms with Gasteiger partial charge in [0.1, 0.15) is 11.5 Å². The third-order valence-electron chi connectivity index (χ3n) is 3.85. The van der Waals surface area contributed by atoms with E-state index in [-0.39, 0.29) is 17.6 Å². The van der Waals surface area contributed by atoms with Crippen molar-refractivity contribution in [2.45, 2.75) is 26.7 Å². The average molecular weight is 416 g/mol. The molecule has 2 aromatic rings. The van der Waals surface area contributed by atoms with Gasteiger partial charge in [-0.15, -0.1) is 0 Å². The van der Waals surface area contributed by atoms with E-state index < -0.39 is 11.8 Å². The fraction of sp³-hybridized carbons (Fsp3) is 0.286. The van der Waals surface area contributed by atoms with Crippen LogP contribution in [0.25, 0.3) is 0 Å². The van der Waals surface area contributed by atoms with Crippen LogP contribution >= 0.6 is 12.2 Å². The third-order valence-corrected chi connectivity index (χ3v) is 4.05. The fourth-order valence-corrected chi connectivity index (χ4v) is 2.64. The number of rotatable bonds is 7. The normalized spacial score (nSPS) is 10.2. The van der Waals surface area contributed by atoms with Gasteiger partial charge in [0.15, 0.2) is 11.7 Å². The summed E-state index contributed by atoms with van der Waals surface area (Å²) in [6.07, 6.45) is 0. The van der Waals surface area contributed by atoms with Crippen LogP contribution in [0.2, 0.25) is 0 Å². The van der Waals surface area contributed by atoms with Crippen LogP contribution in [0.4, 0.5) is 0 Å². The molecule has 0 aliphatic heterocycles. The van der Waals surface area contributed by atoms with Crippen LogP contribution in [0, 0.1) is 0 Å². The van der Waals surface area contributed by atoms with E-state index in [0.29, 0.717) is 23.7 Å². The maximum Gasteiger partial charge on any atom is 0.276 e. The van der Waals surface area contributed by atoms with Gasteiger partial charge < -0.3 is 9.47 Å². The predicted octanol–water partition coefficient (Wildman–Crippen LogP) is 2.92. The fourth-order valence-electron chi connectivity index (χ4n) is 2.50. The largest absolute Gasteiger partial charge is 0.494 e. The van der Waals surface area contributed by atoms with Crippen LogP contribution in [0.5, 0.6) is 11.5 Å². The molecule has 7 nitrogen and oxygen atoms in total. The molecule has 2 rings (SSSR count). The Morgan fingerprint density at radius 2 is 1.79 bits per heavy atom. The van der Waals surface area contributed by atoms with Gasteiger partial charge >= 0.3 is 0 Å². The zero-order valence-electron chi connectivity index (χ0n) is 16.7. The van der Waals surface area contributed by atoms with Crippen molar-refractivity contribution in [3.63, 3.8) is 0 Å². The molecule has 0 atom stereocenters. The van der Waals surface area contributed by atoms with Gasteiger partial charge in [-0.3, -0.25) is 25.8 Å². The van der Waals surface area contributed by atoms with Crippen molar-refractivity contribution in [2.24, 2.45) is 0 Å². The minimum atomic E-state index is -0.432. The van der Waals surface area contributed by atoms with E-state index in [1.165, 1.54) is 0 Å². The number of carbonyl (C=O) groups is 2. The van der Waals surface area contributed by atoms with Gasteiger partial charge in [0.05, 0.1) is 6.61 Å². The highest BCUT2D eigenvalue weighted by Crippen LogP contribution is 2.25. The first-order chi connectivity index (χ1) is 13.9. The molecule has 3 N–H and O–H groups in total. The molecule has 0 saturated carbocycles. The number of thiocarbonyl (C=S) groups is 1. The number of nitrogens with one attached hydrogen (secondary N) is 3. The second-order valence-electron chi connectivity index (χ2n) is 6.40. The zero-order chi connectivity index (χ0) is 21.2. The van der Waals surface area contributed by atoms with Crippen molar-refractivity contribution in [1.29, 1.82) is 0 Å². The number of carbonyl (C=O) groups excluding carboxylic acids is 2. The van der Waals surface area contributed by atoms with Gasteiger partial charge in [0, 0.05) is 5.56 Å². The average Bonchev–Trinajstić information content (AvgIpc) is 2.71. The standard InChI is InChI=1S/C21H25N3O4S/c1-4-27-16-9-7-8-15(12-16)20(26)22-21(29)24-23-19(25)13-28-18-11-6-5-10-17(18)14(2)3/h5-12,14H,4,13H2,1-3H3,(H,23,25)(H2,22,24,26,29). The lowest BCUT2D eigenvalue weighted by Gasteiger charge is -2.14. The summed E-state index contributed by atoms with van der Waals surface area (Å²) in [7, 11) is 0. The van der Waals surface area contributed by atoms with Gasteiger partial charge in [-0.05, 0) is 54.9 Å². The second kappa shape index (κ2) is 11.0. The van der Waals surface area contributed by atoms with E-state index in [2.05, 4.69) is 30.0 Å². The van der Waals surface area contributed by atoms with Crippen molar-refractivity contribution in [3.05, 3.63) is 59.7 Å². The number of amides is 2. The van der Waals surface area contributed by atoms with E-state index in [0.717, 1.165) is 5.56 Å². The molecular formula is C21H25N3O4S. The van der Waals surface area contributed by atoms with Crippen LogP contribution in [-0.4, -0.2) is 30.1 Å². The molecule has 0 radical (unpaired) electrons. The number of ether oxygens (including phenoxy) is 2. The first-order valence-corrected chi connectivity index (χ1v) is 9.66. The molecule has 0 saturated heterocycles. The SMILES string of the molecule is CCOc1cccc(C(=O)NC(=S)NNC(=O)COc2ccccc2C(C)C)c1. The highest BCUT2D eigenvalue weighted by Gasteiger charge is 2.11. The molecule has 0 aliphatic carbocycles. The number of hydrogen-bond donors (Lipinski definition) is 3. The highest BCUT2D eigenvalue weighted by atomic mass is 32.1. The van der Waals surface area contributed by atoms with Crippen molar-refractivity contribution in [1.82, 2.24) is 16.2 Å².